The Morgan fingerprint density at radius 2 is 1.64 bits per heavy atom. The second kappa shape index (κ2) is 9.31. The summed E-state index contributed by atoms with van der Waals surface area (Å²) in [4.78, 5) is 8.84. The van der Waals surface area contributed by atoms with Crippen LogP contribution in [0.3, 0.4) is 0 Å². The lowest BCUT2D eigenvalue weighted by Gasteiger charge is -2.36. The highest BCUT2D eigenvalue weighted by molar-refractivity contribution is 14.0. The van der Waals surface area contributed by atoms with Gasteiger partial charge in [-0.05, 0) is 42.0 Å². The quantitative estimate of drug-likeness (QED) is 0.401. The number of piperazine rings is 1. The molecule has 0 saturated carbocycles. The fourth-order valence-corrected chi connectivity index (χ4v) is 3.30. The van der Waals surface area contributed by atoms with E-state index in [1.54, 1.807) is 0 Å². The molecule has 0 spiro atoms. The first-order valence-corrected chi connectivity index (χ1v) is 9.13. The lowest BCUT2D eigenvalue weighted by atomic mass is 10.2. The summed E-state index contributed by atoms with van der Waals surface area (Å²) in [6.07, 6.45) is 0. The van der Waals surface area contributed by atoms with E-state index in [0.29, 0.717) is 25.7 Å². The molecule has 1 saturated heterocycles. The first-order valence-electron chi connectivity index (χ1n) is 9.13. The van der Waals surface area contributed by atoms with Crippen LogP contribution in [0.2, 0.25) is 0 Å². The minimum atomic E-state index is -0.215. The highest BCUT2D eigenvalue weighted by atomic mass is 127. The van der Waals surface area contributed by atoms with E-state index in [9.17, 15) is 4.39 Å². The molecule has 2 heterocycles. The van der Waals surface area contributed by atoms with Crippen LogP contribution in [0, 0.1) is 5.82 Å². The molecule has 2 aliphatic rings. The Morgan fingerprint density at radius 3 is 2.36 bits per heavy atom. The average molecular weight is 498 g/mol. The van der Waals surface area contributed by atoms with Gasteiger partial charge in [0.05, 0.1) is 6.54 Å². The Labute approximate surface area is 181 Å². The van der Waals surface area contributed by atoms with Crippen molar-refractivity contribution < 1.29 is 13.9 Å². The number of aliphatic imine (C=N–C) groups is 1. The van der Waals surface area contributed by atoms with Gasteiger partial charge in [-0.1, -0.05) is 6.07 Å². The number of hydrogen-bond acceptors (Lipinski definition) is 4. The minimum Gasteiger partial charge on any atom is -0.486 e. The third kappa shape index (κ3) is 4.78. The summed E-state index contributed by atoms with van der Waals surface area (Å²) < 4.78 is 24.2. The minimum absolute atomic E-state index is 0. The monoisotopic (exact) mass is 498 g/mol. The summed E-state index contributed by atoms with van der Waals surface area (Å²) in [5, 5.41) is 0. The summed E-state index contributed by atoms with van der Waals surface area (Å²) in [5.74, 6) is 1.87. The number of guanidine groups is 1. The fraction of sp³-hybridized carbons (Fsp3) is 0.350. The molecule has 2 aliphatic heterocycles. The molecule has 2 aromatic rings. The molecule has 150 valence electrons. The van der Waals surface area contributed by atoms with Crippen molar-refractivity contribution in [2.24, 2.45) is 10.7 Å². The van der Waals surface area contributed by atoms with Crippen molar-refractivity contribution in [1.29, 1.82) is 0 Å². The number of halogens is 2. The summed E-state index contributed by atoms with van der Waals surface area (Å²) in [6.45, 7) is 4.88. The molecule has 0 aromatic heterocycles. The molecule has 4 rings (SSSR count). The van der Waals surface area contributed by atoms with Crippen LogP contribution >= 0.6 is 24.0 Å². The zero-order chi connectivity index (χ0) is 18.6. The van der Waals surface area contributed by atoms with E-state index < -0.39 is 0 Å². The molecule has 0 radical (unpaired) electrons. The molecule has 0 atom stereocenters. The van der Waals surface area contributed by atoms with Crippen LogP contribution in [0.25, 0.3) is 0 Å². The van der Waals surface area contributed by atoms with Gasteiger partial charge in [-0.3, -0.25) is 0 Å². The van der Waals surface area contributed by atoms with E-state index in [2.05, 4.69) is 14.8 Å². The Balaban J connectivity index is 0.00000225. The van der Waals surface area contributed by atoms with E-state index in [1.807, 2.05) is 30.3 Å². The van der Waals surface area contributed by atoms with Crippen LogP contribution < -0.4 is 20.1 Å². The molecule has 6 nitrogen and oxygen atoms in total. The van der Waals surface area contributed by atoms with Crippen molar-refractivity contribution in [1.82, 2.24) is 4.90 Å². The topological polar surface area (TPSA) is 63.3 Å². The summed E-state index contributed by atoms with van der Waals surface area (Å²) in [5.41, 5.74) is 8.25. The fourth-order valence-electron chi connectivity index (χ4n) is 3.30. The van der Waals surface area contributed by atoms with Crippen molar-refractivity contribution in [3.63, 3.8) is 0 Å². The lowest BCUT2D eigenvalue weighted by molar-refractivity contribution is 0.171. The largest absolute Gasteiger partial charge is 0.486 e. The number of fused-ring (bicyclic) bond motifs is 1. The van der Waals surface area contributed by atoms with Crippen molar-refractivity contribution in [3.05, 3.63) is 53.8 Å². The average Bonchev–Trinajstić information content (AvgIpc) is 2.72. The smallest absolute Gasteiger partial charge is 0.191 e. The number of benzene rings is 2. The molecular weight excluding hydrogens is 474 g/mol. The molecule has 0 amide bonds. The summed E-state index contributed by atoms with van der Waals surface area (Å²) in [7, 11) is 0. The number of ether oxygens (including phenoxy) is 2. The Hall–Kier alpha value is -2.23. The maximum atomic E-state index is 13.1. The number of hydrogen-bond donors (Lipinski definition) is 1. The van der Waals surface area contributed by atoms with Crippen molar-refractivity contribution in [3.8, 4) is 11.5 Å². The Bertz CT molecular complexity index is 823. The number of nitrogens with zero attached hydrogens (tertiary/aromatic N) is 3. The van der Waals surface area contributed by atoms with Crippen molar-refractivity contribution in [2.45, 2.75) is 6.54 Å². The molecule has 28 heavy (non-hydrogen) atoms. The second-order valence-corrected chi connectivity index (χ2v) is 6.60. The summed E-state index contributed by atoms with van der Waals surface area (Å²) >= 11 is 0. The van der Waals surface area contributed by atoms with Crippen LogP contribution in [-0.4, -0.2) is 50.3 Å². The van der Waals surface area contributed by atoms with Gasteiger partial charge in [0.2, 0.25) is 0 Å². The van der Waals surface area contributed by atoms with Gasteiger partial charge in [-0.15, -0.1) is 24.0 Å². The van der Waals surface area contributed by atoms with E-state index in [-0.39, 0.29) is 29.8 Å². The Morgan fingerprint density at radius 1 is 0.964 bits per heavy atom. The SMILES string of the molecule is I.NC(=NCc1ccc2c(c1)OCCO2)N1CCN(c2ccc(F)cc2)CC1. The lowest BCUT2D eigenvalue weighted by Crippen LogP contribution is -2.51. The normalized spacial score (nSPS) is 16.5. The third-order valence-electron chi connectivity index (χ3n) is 4.83. The van der Waals surface area contributed by atoms with Crippen LogP contribution in [0.5, 0.6) is 11.5 Å². The molecule has 2 aromatic carbocycles. The standard InChI is InChI=1S/C20H23FN4O2.HI/c21-16-2-4-17(5-3-16)24-7-9-25(10-8-24)20(22)23-14-15-1-6-18-19(13-15)27-12-11-26-18;/h1-6,13H,7-12,14H2,(H2,22,23);1H. The number of anilines is 1. The van der Waals surface area contributed by atoms with E-state index in [4.69, 9.17) is 15.2 Å². The third-order valence-corrected chi connectivity index (χ3v) is 4.83. The van der Waals surface area contributed by atoms with Gasteiger partial charge in [-0.2, -0.15) is 0 Å². The second-order valence-electron chi connectivity index (χ2n) is 6.60. The van der Waals surface area contributed by atoms with Crippen molar-refractivity contribution in [2.75, 3.05) is 44.3 Å². The van der Waals surface area contributed by atoms with E-state index in [1.165, 1.54) is 12.1 Å². The van der Waals surface area contributed by atoms with Crippen LogP contribution in [-0.2, 0) is 6.54 Å². The molecule has 0 bridgehead atoms. The molecular formula is C20H24FIN4O2. The number of rotatable bonds is 3. The highest BCUT2D eigenvalue weighted by Crippen LogP contribution is 2.30. The van der Waals surface area contributed by atoms with Gasteiger partial charge in [0.1, 0.15) is 19.0 Å². The predicted molar refractivity (Wildman–Crippen MR) is 118 cm³/mol. The van der Waals surface area contributed by atoms with Crippen LogP contribution in [0.1, 0.15) is 5.56 Å². The van der Waals surface area contributed by atoms with E-state index in [0.717, 1.165) is 48.9 Å². The maximum absolute atomic E-state index is 13.1. The maximum Gasteiger partial charge on any atom is 0.191 e. The molecule has 2 N–H and O–H groups in total. The van der Waals surface area contributed by atoms with Gasteiger partial charge in [0, 0.05) is 31.9 Å². The van der Waals surface area contributed by atoms with Crippen LogP contribution in [0.15, 0.2) is 47.5 Å². The van der Waals surface area contributed by atoms with Gasteiger partial charge in [0.25, 0.3) is 0 Å². The van der Waals surface area contributed by atoms with E-state index >= 15 is 0 Å². The summed E-state index contributed by atoms with van der Waals surface area (Å²) in [6, 6.07) is 12.5. The molecule has 8 heteroatoms. The van der Waals surface area contributed by atoms with Crippen LogP contribution in [0.4, 0.5) is 10.1 Å². The first-order chi connectivity index (χ1) is 13.2. The highest BCUT2D eigenvalue weighted by Gasteiger charge is 2.18. The number of nitrogens with two attached hydrogens (primary N) is 1. The van der Waals surface area contributed by atoms with Gasteiger partial charge in [-0.25, -0.2) is 9.38 Å². The molecule has 1 fully saturated rings. The Kier molecular flexibility index (Phi) is 6.82. The van der Waals surface area contributed by atoms with Crippen molar-refractivity contribution >= 4 is 35.6 Å². The molecule has 0 aliphatic carbocycles. The zero-order valence-corrected chi connectivity index (χ0v) is 17.8. The molecule has 0 unspecified atom stereocenters. The predicted octanol–water partition coefficient (Wildman–Crippen LogP) is 2.85. The van der Waals surface area contributed by atoms with Gasteiger partial charge in [0.15, 0.2) is 17.5 Å². The van der Waals surface area contributed by atoms with Gasteiger partial charge < -0.3 is 25.0 Å². The first kappa shape index (κ1) is 20.5. The zero-order valence-electron chi connectivity index (χ0n) is 15.5. The van der Waals surface area contributed by atoms with Gasteiger partial charge >= 0.3 is 0 Å².